The zero-order valence-corrected chi connectivity index (χ0v) is 13.4. The van der Waals surface area contributed by atoms with Crippen molar-refractivity contribution in [2.24, 2.45) is 17.6 Å². The van der Waals surface area contributed by atoms with E-state index in [1.807, 2.05) is 24.3 Å². The van der Waals surface area contributed by atoms with Crippen LogP contribution in [0.5, 0.6) is 11.5 Å². The minimum atomic E-state index is 0.487. The van der Waals surface area contributed by atoms with Crippen LogP contribution < -0.4 is 15.2 Å². The summed E-state index contributed by atoms with van der Waals surface area (Å²) in [6, 6.07) is 8.22. The van der Waals surface area contributed by atoms with Crippen molar-refractivity contribution < 1.29 is 9.47 Å². The van der Waals surface area contributed by atoms with Crippen molar-refractivity contribution in [2.75, 3.05) is 33.4 Å². The molecule has 3 atom stereocenters. The molecule has 0 bridgehead atoms. The maximum Gasteiger partial charge on any atom is 0.119 e. The molecule has 4 heteroatoms. The molecule has 1 heterocycles. The molecule has 0 aliphatic carbocycles. The molecule has 1 aromatic carbocycles. The molecule has 1 aliphatic heterocycles. The standard InChI is InChI=1S/C17H28N2O2/c1-13-10-14(2)17(11-18)19(12-13)8-9-21-16-6-4-15(20-3)5-7-16/h4-7,13-14,17H,8-12,18H2,1-3H3. The smallest absolute Gasteiger partial charge is 0.119 e. The summed E-state index contributed by atoms with van der Waals surface area (Å²) in [7, 11) is 1.67. The van der Waals surface area contributed by atoms with Gasteiger partial charge in [0.2, 0.25) is 0 Å². The highest BCUT2D eigenvalue weighted by molar-refractivity contribution is 5.31. The van der Waals surface area contributed by atoms with Gasteiger partial charge in [-0.2, -0.15) is 0 Å². The third-order valence-corrected chi connectivity index (χ3v) is 4.39. The van der Waals surface area contributed by atoms with Gasteiger partial charge in [-0.25, -0.2) is 0 Å². The lowest BCUT2D eigenvalue weighted by molar-refractivity contribution is 0.0610. The van der Waals surface area contributed by atoms with E-state index in [1.54, 1.807) is 7.11 Å². The van der Waals surface area contributed by atoms with Crippen LogP contribution in [0.3, 0.4) is 0 Å². The minimum Gasteiger partial charge on any atom is -0.497 e. The van der Waals surface area contributed by atoms with Crippen LogP contribution in [0.15, 0.2) is 24.3 Å². The lowest BCUT2D eigenvalue weighted by atomic mass is 9.85. The molecule has 4 nitrogen and oxygen atoms in total. The molecule has 3 unspecified atom stereocenters. The Morgan fingerprint density at radius 3 is 2.48 bits per heavy atom. The molecule has 118 valence electrons. The maximum absolute atomic E-state index is 5.95. The molecule has 1 aromatic rings. The summed E-state index contributed by atoms with van der Waals surface area (Å²) in [4.78, 5) is 2.49. The summed E-state index contributed by atoms with van der Waals surface area (Å²) < 4.78 is 11.0. The summed E-state index contributed by atoms with van der Waals surface area (Å²) in [5.74, 6) is 3.14. The monoisotopic (exact) mass is 292 g/mol. The predicted octanol–water partition coefficient (Wildman–Crippen LogP) is 2.38. The van der Waals surface area contributed by atoms with Crippen molar-refractivity contribution in [2.45, 2.75) is 26.3 Å². The fraction of sp³-hybridized carbons (Fsp3) is 0.647. The van der Waals surface area contributed by atoms with E-state index in [0.29, 0.717) is 18.6 Å². The van der Waals surface area contributed by atoms with E-state index in [0.717, 1.165) is 37.1 Å². The third kappa shape index (κ3) is 4.35. The van der Waals surface area contributed by atoms with Gasteiger partial charge in [0.25, 0.3) is 0 Å². The Labute approximate surface area is 128 Å². The average Bonchev–Trinajstić information content (AvgIpc) is 2.47. The van der Waals surface area contributed by atoms with E-state index < -0.39 is 0 Å². The molecule has 0 saturated carbocycles. The van der Waals surface area contributed by atoms with Gasteiger partial charge in [0.05, 0.1) is 7.11 Å². The Kier molecular flexibility index (Phi) is 5.88. The summed E-state index contributed by atoms with van der Waals surface area (Å²) in [6.07, 6.45) is 1.28. The van der Waals surface area contributed by atoms with Crippen molar-refractivity contribution in [1.29, 1.82) is 0 Å². The third-order valence-electron chi connectivity index (χ3n) is 4.39. The van der Waals surface area contributed by atoms with Gasteiger partial charge < -0.3 is 15.2 Å². The topological polar surface area (TPSA) is 47.7 Å². The van der Waals surface area contributed by atoms with E-state index in [-0.39, 0.29) is 0 Å². The first-order valence-electron chi connectivity index (χ1n) is 7.85. The van der Waals surface area contributed by atoms with Crippen LogP contribution in [0.25, 0.3) is 0 Å². The molecule has 2 rings (SSSR count). The lowest BCUT2D eigenvalue weighted by Gasteiger charge is -2.42. The Morgan fingerprint density at radius 2 is 1.86 bits per heavy atom. The number of nitrogens with zero attached hydrogens (tertiary/aromatic N) is 1. The number of ether oxygens (including phenoxy) is 2. The molecular weight excluding hydrogens is 264 g/mol. The van der Waals surface area contributed by atoms with Crippen molar-refractivity contribution in [1.82, 2.24) is 4.90 Å². The Balaban J connectivity index is 1.83. The quantitative estimate of drug-likeness (QED) is 0.874. The van der Waals surface area contributed by atoms with Gasteiger partial charge in [-0.15, -0.1) is 0 Å². The first-order chi connectivity index (χ1) is 10.1. The molecule has 0 amide bonds. The second kappa shape index (κ2) is 7.66. The Hall–Kier alpha value is -1.26. The number of likely N-dealkylation sites (tertiary alicyclic amines) is 1. The molecule has 0 spiro atoms. The van der Waals surface area contributed by atoms with Crippen LogP contribution in [0, 0.1) is 11.8 Å². The van der Waals surface area contributed by atoms with Gasteiger partial charge >= 0.3 is 0 Å². The normalized spacial score (nSPS) is 26.6. The number of hydrogen-bond donors (Lipinski definition) is 1. The Morgan fingerprint density at radius 1 is 1.19 bits per heavy atom. The Bertz CT molecular complexity index is 421. The van der Waals surface area contributed by atoms with Crippen molar-refractivity contribution in [3.63, 3.8) is 0 Å². The van der Waals surface area contributed by atoms with Crippen LogP contribution in [0.4, 0.5) is 0 Å². The highest BCUT2D eigenvalue weighted by Gasteiger charge is 2.30. The van der Waals surface area contributed by atoms with Crippen LogP contribution in [-0.4, -0.2) is 44.3 Å². The van der Waals surface area contributed by atoms with Crippen LogP contribution >= 0.6 is 0 Å². The number of piperidine rings is 1. The fourth-order valence-electron chi connectivity index (χ4n) is 3.35. The minimum absolute atomic E-state index is 0.487. The van der Waals surface area contributed by atoms with E-state index in [1.165, 1.54) is 6.42 Å². The zero-order chi connectivity index (χ0) is 15.2. The van der Waals surface area contributed by atoms with E-state index in [2.05, 4.69) is 18.7 Å². The van der Waals surface area contributed by atoms with E-state index in [4.69, 9.17) is 15.2 Å². The number of benzene rings is 1. The predicted molar refractivity (Wildman–Crippen MR) is 85.8 cm³/mol. The average molecular weight is 292 g/mol. The van der Waals surface area contributed by atoms with Gasteiger partial charge in [-0.05, 0) is 42.5 Å². The van der Waals surface area contributed by atoms with E-state index in [9.17, 15) is 0 Å². The number of methoxy groups -OCH3 is 1. The molecule has 1 fully saturated rings. The molecule has 21 heavy (non-hydrogen) atoms. The summed E-state index contributed by atoms with van der Waals surface area (Å²) in [5, 5.41) is 0. The summed E-state index contributed by atoms with van der Waals surface area (Å²) >= 11 is 0. The second-order valence-electron chi connectivity index (χ2n) is 6.14. The van der Waals surface area contributed by atoms with E-state index >= 15 is 0 Å². The summed E-state index contributed by atoms with van der Waals surface area (Å²) in [5.41, 5.74) is 5.95. The highest BCUT2D eigenvalue weighted by Crippen LogP contribution is 2.26. The molecular formula is C17H28N2O2. The SMILES string of the molecule is COc1ccc(OCCN2CC(C)CC(C)C2CN)cc1. The van der Waals surface area contributed by atoms with Crippen molar-refractivity contribution in [3.05, 3.63) is 24.3 Å². The molecule has 0 radical (unpaired) electrons. The fourth-order valence-corrected chi connectivity index (χ4v) is 3.35. The van der Waals surface area contributed by atoms with Crippen molar-refractivity contribution >= 4 is 0 Å². The lowest BCUT2D eigenvalue weighted by Crippen LogP contribution is -2.52. The zero-order valence-electron chi connectivity index (χ0n) is 13.4. The first-order valence-corrected chi connectivity index (χ1v) is 7.85. The maximum atomic E-state index is 5.95. The van der Waals surface area contributed by atoms with Gasteiger partial charge in [0.1, 0.15) is 18.1 Å². The molecule has 2 N–H and O–H groups in total. The number of rotatable bonds is 6. The highest BCUT2D eigenvalue weighted by atomic mass is 16.5. The van der Waals surface area contributed by atoms with Crippen LogP contribution in [0.2, 0.25) is 0 Å². The second-order valence-corrected chi connectivity index (χ2v) is 6.14. The van der Waals surface area contributed by atoms with Crippen LogP contribution in [-0.2, 0) is 0 Å². The van der Waals surface area contributed by atoms with Gasteiger partial charge in [-0.3, -0.25) is 4.90 Å². The number of hydrogen-bond acceptors (Lipinski definition) is 4. The van der Waals surface area contributed by atoms with Gasteiger partial charge in [0, 0.05) is 25.7 Å². The molecule has 0 aromatic heterocycles. The van der Waals surface area contributed by atoms with Gasteiger partial charge in [0.15, 0.2) is 0 Å². The van der Waals surface area contributed by atoms with Crippen molar-refractivity contribution in [3.8, 4) is 11.5 Å². The molecule has 1 aliphatic rings. The number of nitrogens with two attached hydrogens (primary N) is 1. The van der Waals surface area contributed by atoms with Crippen LogP contribution in [0.1, 0.15) is 20.3 Å². The van der Waals surface area contributed by atoms with Gasteiger partial charge in [-0.1, -0.05) is 13.8 Å². The molecule has 1 saturated heterocycles. The summed E-state index contributed by atoms with van der Waals surface area (Å²) in [6.45, 7) is 8.12. The largest absolute Gasteiger partial charge is 0.497 e. The first kappa shape index (κ1) is 16.1.